The van der Waals surface area contributed by atoms with Crippen LogP contribution in [-0.2, 0) is 17.6 Å². The van der Waals surface area contributed by atoms with Crippen LogP contribution in [0.3, 0.4) is 0 Å². The standard InChI is InChI=1S/C13H23N3O/c1-9(17-5)8-13-15-10(2)12(6-7-14-4)11(3)16-13/h9,14H,6-8H2,1-5H3. The van der Waals surface area contributed by atoms with E-state index < -0.39 is 0 Å². The smallest absolute Gasteiger partial charge is 0.131 e. The fourth-order valence-corrected chi connectivity index (χ4v) is 1.85. The van der Waals surface area contributed by atoms with Crippen LogP contribution in [0, 0.1) is 13.8 Å². The molecule has 0 radical (unpaired) electrons. The van der Waals surface area contributed by atoms with Crippen LogP contribution in [0.5, 0.6) is 0 Å². The average Bonchev–Trinajstić information content (AvgIpc) is 2.28. The van der Waals surface area contributed by atoms with Crippen molar-refractivity contribution in [2.75, 3.05) is 20.7 Å². The molecule has 0 amide bonds. The monoisotopic (exact) mass is 237 g/mol. The second-order valence-electron chi connectivity index (χ2n) is 4.39. The summed E-state index contributed by atoms with van der Waals surface area (Å²) < 4.78 is 5.24. The number of rotatable bonds is 6. The molecule has 1 aromatic heterocycles. The topological polar surface area (TPSA) is 47.0 Å². The normalized spacial score (nSPS) is 12.8. The Bertz CT molecular complexity index is 343. The van der Waals surface area contributed by atoms with Gasteiger partial charge < -0.3 is 10.1 Å². The molecule has 0 fully saturated rings. The molecule has 0 saturated heterocycles. The SMILES string of the molecule is CNCCc1c(C)nc(CC(C)OC)nc1C. The van der Waals surface area contributed by atoms with Gasteiger partial charge in [-0.3, -0.25) is 0 Å². The van der Waals surface area contributed by atoms with E-state index in [9.17, 15) is 0 Å². The average molecular weight is 237 g/mol. The minimum absolute atomic E-state index is 0.164. The number of ether oxygens (including phenoxy) is 1. The zero-order chi connectivity index (χ0) is 12.8. The summed E-state index contributed by atoms with van der Waals surface area (Å²) in [5, 5.41) is 3.15. The molecule has 17 heavy (non-hydrogen) atoms. The van der Waals surface area contributed by atoms with Gasteiger partial charge in [-0.25, -0.2) is 9.97 Å². The Kier molecular flexibility index (Phi) is 5.51. The van der Waals surface area contributed by atoms with Crippen molar-refractivity contribution in [3.63, 3.8) is 0 Å². The summed E-state index contributed by atoms with van der Waals surface area (Å²) in [6.07, 6.45) is 1.91. The van der Waals surface area contributed by atoms with E-state index in [0.29, 0.717) is 0 Å². The molecule has 0 aliphatic heterocycles. The van der Waals surface area contributed by atoms with Crippen molar-refractivity contribution < 1.29 is 4.74 Å². The van der Waals surface area contributed by atoms with Gasteiger partial charge in [0.1, 0.15) is 5.82 Å². The van der Waals surface area contributed by atoms with Crippen LogP contribution < -0.4 is 5.32 Å². The Hall–Kier alpha value is -1.00. The summed E-state index contributed by atoms with van der Waals surface area (Å²) in [6, 6.07) is 0. The molecule has 4 heteroatoms. The molecule has 0 spiro atoms. The van der Waals surface area contributed by atoms with Crippen LogP contribution in [0.1, 0.15) is 29.7 Å². The van der Waals surface area contributed by atoms with Crippen LogP contribution >= 0.6 is 0 Å². The van der Waals surface area contributed by atoms with Gasteiger partial charge in [-0.05, 0) is 46.3 Å². The van der Waals surface area contributed by atoms with E-state index in [-0.39, 0.29) is 6.10 Å². The molecule has 0 bridgehead atoms. The van der Waals surface area contributed by atoms with Crippen LogP contribution in [0.15, 0.2) is 0 Å². The Morgan fingerprint density at radius 3 is 2.29 bits per heavy atom. The number of likely N-dealkylation sites (N-methyl/N-ethyl adjacent to an activating group) is 1. The maximum Gasteiger partial charge on any atom is 0.131 e. The van der Waals surface area contributed by atoms with E-state index in [2.05, 4.69) is 29.1 Å². The lowest BCUT2D eigenvalue weighted by molar-refractivity contribution is 0.117. The highest BCUT2D eigenvalue weighted by Crippen LogP contribution is 2.12. The van der Waals surface area contributed by atoms with Crippen LogP contribution in [0.4, 0.5) is 0 Å². The van der Waals surface area contributed by atoms with Crippen molar-refractivity contribution in [3.8, 4) is 0 Å². The molecular formula is C13H23N3O. The third kappa shape index (κ3) is 4.06. The Morgan fingerprint density at radius 1 is 1.24 bits per heavy atom. The van der Waals surface area contributed by atoms with E-state index >= 15 is 0 Å². The van der Waals surface area contributed by atoms with E-state index in [4.69, 9.17) is 4.74 Å². The zero-order valence-corrected chi connectivity index (χ0v) is 11.5. The first-order valence-corrected chi connectivity index (χ1v) is 6.08. The Labute approximate surface area is 104 Å². The third-order valence-electron chi connectivity index (χ3n) is 2.96. The van der Waals surface area contributed by atoms with Crippen LogP contribution in [-0.4, -0.2) is 36.8 Å². The summed E-state index contributed by atoms with van der Waals surface area (Å²) in [7, 11) is 3.67. The van der Waals surface area contributed by atoms with Crippen molar-refractivity contribution in [2.45, 2.75) is 39.7 Å². The molecular weight excluding hydrogens is 214 g/mol. The van der Waals surface area contributed by atoms with E-state index in [1.807, 2.05) is 14.0 Å². The molecule has 0 saturated carbocycles. The van der Waals surface area contributed by atoms with Gasteiger partial charge in [0, 0.05) is 24.9 Å². The Morgan fingerprint density at radius 2 is 1.82 bits per heavy atom. The molecule has 1 N–H and O–H groups in total. The molecule has 1 unspecified atom stereocenters. The number of hydrogen-bond acceptors (Lipinski definition) is 4. The lowest BCUT2D eigenvalue weighted by Gasteiger charge is -2.13. The first kappa shape index (κ1) is 14.1. The minimum atomic E-state index is 0.164. The fraction of sp³-hybridized carbons (Fsp3) is 0.692. The van der Waals surface area contributed by atoms with Gasteiger partial charge in [-0.1, -0.05) is 0 Å². The summed E-state index contributed by atoms with van der Waals surface area (Å²) >= 11 is 0. The Balaban J connectivity index is 2.85. The second kappa shape index (κ2) is 6.67. The van der Waals surface area contributed by atoms with Crippen molar-refractivity contribution in [1.82, 2.24) is 15.3 Å². The number of aryl methyl sites for hydroxylation is 2. The van der Waals surface area contributed by atoms with Crippen molar-refractivity contribution in [2.24, 2.45) is 0 Å². The maximum absolute atomic E-state index is 5.24. The lowest BCUT2D eigenvalue weighted by atomic mass is 10.1. The van der Waals surface area contributed by atoms with Gasteiger partial charge in [0.2, 0.25) is 0 Å². The highest BCUT2D eigenvalue weighted by Gasteiger charge is 2.10. The lowest BCUT2D eigenvalue weighted by Crippen LogP contribution is -2.16. The van der Waals surface area contributed by atoms with Gasteiger partial charge in [-0.2, -0.15) is 0 Å². The van der Waals surface area contributed by atoms with Gasteiger partial charge in [0.05, 0.1) is 6.10 Å². The molecule has 0 aliphatic carbocycles. The van der Waals surface area contributed by atoms with Gasteiger partial charge in [0.25, 0.3) is 0 Å². The molecule has 4 nitrogen and oxygen atoms in total. The molecule has 1 rings (SSSR count). The van der Waals surface area contributed by atoms with E-state index in [1.165, 1.54) is 5.56 Å². The summed E-state index contributed by atoms with van der Waals surface area (Å²) in [6.45, 7) is 7.10. The van der Waals surface area contributed by atoms with Crippen molar-refractivity contribution in [3.05, 3.63) is 22.8 Å². The van der Waals surface area contributed by atoms with E-state index in [1.54, 1.807) is 7.11 Å². The number of hydrogen-bond donors (Lipinski definition) is 1. The molecule has 1 atom stereocenters. The number of nitrogens with zero attached hydrogens (tertiary/aromatic N) is 2. The first-order chi connectivity index (χ1) is 8.08. The van der Waals surface area contributed by atoms with Crippen molar-refractivity contribution >= 4 is 0 Å². The highest BCUT2D eigenvalue weighted by atomic mass is 16.5. The number of aromatic nitrogens is 2. The fourth-order valence-electron chi connectivity index (χ4n) is 1.85. The van der Waals surface area contributed by atoms with Crippen molar-refractivity contribution in [1.29, 1.82) is 0 Å². The van der Waals surface area contributed by atoms with E-state index in [0.717, 1.165) is 36.6 Å². The van der Waals surface area contributed by atoms with Crippen LogP contribution in [0.2, 0.25) is 0 Å². The van der Waals surface area contributed by atoms with Gasteiger partial charge in [-0.15, -0.1) is 0 Å². The largest absolute Gasteiger partial charge is 0.381 e. The molecule has 0 aromatic carbocycles. The number of methoxy groups -OCH3 is 1. The first-order valence-electron chi connectivity index (χ1n) is 6.08. The third-order valence-corrected chi connectivity index (χ3v) is 2.96. The minimum Gasteiger partial charge on any atom is -0.381 e. The predicted octanol–water partition coefficient (Wildman–Crippen LogP) is 1.43. The molecule has 96 valence electrons. The van der Waals surface area contributed by atoms with Crippen LogP contribution in [0.25, 0.3) is 0 Å². The quantitative estimate of drug-likeness (QED) is 0.813. The summed E-state index contributed by atoms with van der Waals surface area (Å²) in [5.74, 6) is 0.877. The molecule has 0 aliphatic rings. The summed E-state index contributed by atoms with van der Waals surface area (Å²) in [4.78, 5) is 9.11. The zero-order valence-electron chi connectivity index (χ0n) is 11.5. The highest BCUT2D eigenvalue weighted by molar-refractivity contribution is 5.24. The van der Waals surface area contributed by atoms with Gasteiger partial charge in [0.15, 0.2) is 0 Å². The molecule has 1 aromatic rings. The summed E-state index contributed by atoms with van der Waals surface area (Å²) in [5.41, 5.74) is 3.44. The second-order valence-corrected chi connectivity index (χ2v) is 4.39. The van der Waals surface area contributed by atoms with Gasteiger partial charge >= 0.3 is 0 Å². The molecule has 1 heterocycles. The predicted molar refractivity (Wildman–Crippen MR) is 69.3 cm³/mol. The number of nitrogens with one attached hydrogen (secondary N) is 1. The maximum atomic E-state index is 5.24.